The van der Waals surface area contributed by atoms with Crippen LogP contribution >= 0.6 is 0 Å². The number of aromatic nitrogens is 4. The summed E-state index contributed by atoms with van der Waals surface area (Å²) in [4.78, 5) is 16.8. The van der Waals surface area contributed by atoms with Crippen LogP contribution in [-0.4, -0.2) is 43.5 Å². The molecule has 3 aromatic heterocycles. The zero-order valence-corrected chi connectivity index (χ0v) is 19.1. The van der Waals surface area contributed by atoms with E-state index < -0.39 is 17.0 Å². The number of hydrogen-bond donors (Lipinski definition) is 2. The van der Waals surface area contributed by atoms with Crippen molar-refractivity contribution < 1.29 is 19.0 Å². The van der Waals surface area contributed by atoms with Crippen molar-refractivity contribution in [2.24, 2.45) is 0 Å². The molecule has 0 spiro atoms. The fourth-order valence-corrected chi connectivity index (χ4v) is 5.15. The summed E-state index contributed by atoms with van der Waals surface area (Å²) in [5.41, 5.74) is 2.77. The monoisotopic (exact) mass is 461 g/mol. The van der Waals surface area contributed by atoms with E-state index in [4.69, 9.17) is 9.72 Å². The van der Waals surface area contributed by atoms with Crippen LogP contribution in [0, 0.1) is 17.1 Å². The van der Waals surface area contributed by atoms with E-state index in [1.54, 1.807) is 18.3 Å². The molecule has 4 aromatic rings. The van der Waals surface area contributed by atoms with Crippen LogP contribution in [0.2, 0.25) is 0 Å². The van der Waals surface area contributed by atoms with Crippen LogP contribution in [0.15, 0.2) is 36.5 Å². The molecule has 0 atom stereocenters. The number of nitrogens with zero attached hydrogens (tertiary/aromatic N) is 4. The summed E-state index contributed by atoms with van der Waals surface area (Å²) in [6.45, 7) is 3.97. The Morgan fingerprint density at radius 2 is 2.09 bits per heavy atom. The SMILES string of the molecule is CO[C@]1(C(=O)O)C[C@H](c2c(C(C)(C)CC#N)n(-c3ccc(F)cc3)c3cc4cn[nH]c4nc32)C1. The Balaban J connectivity index is 1.84. The minimum Gasteiger partial charge on any atom is -0.479 e. The number of nitriles is 1. The maximum atomic E-state index is 13.8. The van der Waals surface area contributed by atoms with Crippen LogP contribution in [0.4, 0.5) is 4.39 Å². The van der Waals surface area contributed by atoms with Crippen molar-refractivity contribution in [1.82, 2.24) is 19.7 Å². The van der Waals surface area contributed by atoms with Crippen LogP contribution in [0.5, 0.6) is 0 Å². The van der Waals surface area contributed by atoms with Crippen LogP contribution in [0.1, 0.15) is 50.3 Å². The van der Waals surface area contributed by atoms with Crippen molar-refractivity contribution in [3.63, 3.8) is 0 Å². The first-order valence-corrected chi connectivity index (χ1v) is 11.0. The number of fused-ring (bicyclic) bond motifs is 2. The van der Waals surface area contributed by atoms with Gasteiger partial charge in [0.05, 0.1) is 23.3 Å². The van der Waals surface area contributed by atoms with Gasteiger partial charge in [-0.15, -0.1) is 0 Å². The van der Waals surface area contributed by atoms with Crippen LogP contribution in [-0.2, 0) is 14.9 Å². The lowest BCUT2D eigenvalue weighted by Gasteiger charge is -2.44. The Labute approximate surface area is 195 Å². The first-order valence-electron chi connectivity index (χ1n) is 11.0. The van der Waals surface area contributed by atoms with Gasteiger partial charge < -0.3 is 14.4 Å². The van der Waals surface area contributed by atoms with Crippen molar-refractivity contribution in [2.45, 2.75) is 50.0 Å². The fraction of sp³-hybridized carbons (Fsp3) is 0.360. The number of pyridine rings is 1. The number of carboxylic acids is 1. The highest BCUT2D eigenvalue weighted by molar-refractivity contribution is 5.94. The predicted molar refractivity (Wildman–Crippen MR) is 123 cm³/mol. The number of aromatic amines is 1. The third-order valence-corrected chi connectivity index (χ3v) is 6.97. The molecule has 1 saturated carbocycles. The van der Waals surface area contributed by atoms with E-state index >= 15 is 0 Å². The Morgan fingerprint density at radius 3 is 2.71 bits per heavy atom. The quantitative estimate of drug-likeness (QED) is 0.434. The molecule has 1 fully saturated rings. The maximum absolute atomic E-state index is 13.8. The largest absolute Gasteiger partial charge is 0.479 e. The third kappa shape index (κ3) is 3.17. The van der Waals surface area contributed by atoms with Crippen molar-refractivity contribution >= 4 is 28.0 Å². The second-order valence-electron chi connectivity index (χ2n) is 9.57. The van der Waals surface area contributed by atoms with Gasteiger partial charge in [-0.25, -0.2) is 14.2 Å². The molecule has 1 aliphatic rings. The molecule has 8 nitrogen and oxygen atoms in total. The lowest BCUT2D eigenvalue weighted by Crippen LogP contribution is -2.51. The molecule has 5 rings (SSSR count). The number of hydrogen-bond acceptors (Lipinski definition) is 5. The average Bonchev–Trinajstić information content (AvgIpc) is 3.35. The number of halogens is 1. The molecule has 3 heterocycles. The summed E-state index contributed by atoms with van der Waals surface area (Å²) in [5, 5.41) is 27.2. The number of ether oxygens (including phenoxy) is 1. The summed E-state index contributed by atoms with van der Waals surface area (Å²) in [6, 6.07) is 10.4. The molecular formula is C25H24FN5O3. The van der Waals surface area contributed by atoms with Crippen LogP contribution in [0.25, 0.3) is 27.8 Å². The van der Waals surface area contributed by atoms with Crippen molar-refractivity contribution in [1.29, 1.82) is 5.26 Å². The molecule has 0 radical (unpaired) electrons. The average molecular weight is 461 g/mol. The van der Waals surface area contributed by atoms with E-state index in [2.05, 4.69) is 16.3 Å². The lowest BCUT2D eigenvalue weighted by atomic mass is 9.65. The highest BCUT2D eigenvalue weighted by Gasteiger charge is 2.53. The highest BCUT2D eigenvalue weighted by Crippen LogP contribution is 2.53. The lowest BCUT2D eigenvalue weighted by molar-refractivity contribution is -0.175. The van der Waals surface area contributed by atoms with E-state index in [0.717, 1.165) is 27.8 Å². The number of benzene rings is 1. The molecular weight excluding hydrogens is 437 g/mol. The Bertz CT molecular complexity index is 1460. The van der Waals surface area contributed by atoms with E-state index in [1.807, 2.05) is 24.5 Å². The number of nitrogens with one attached hydrogen (secondary N) is 1. The van der Waals surface area contributed by atoms with Crippen molar-refractivity contribution in [3.8, 4) is 11.8 Å². The first-order chi connectivity index (χ1) is 16.2. The minimum atomic E-state index is -1.25. The van der Waals surface area contributed by atoms with Gasteiger partial charge in [-0.05, 0) is 49.1 Å². The molecule has 0 aliphatic heterocycles. The number of methoxy groups -OCH3 is 1. The molecule has 9 heteroatoms. The third-order valence-electron chi connectivity index (χ3n) is 6.97. The number of carboxylic acid groups (broad SMARTS) is 1. The normalized spacial score (nSPS) is 20.4. The standard InChI is InChI=1S/C25H24FN5O3/c1-24(2,8-9-27)21-19(15-11-25(12-15,34-3)23(32)33)20-18(10-14-13-28-30-22(14)29-20)31(21)17-6-4-16(26)5-7-17/h4-7,10,13,15H,8,11-12H2,1-3H3,(H,32,33)(H,28,29,30)/t15-,25+. The van der Waals surface area contributed by atoms with E-state index in [1.165, 1.54) is 19.2 Å². The number of H-pyrrole nitrogens is 1. The highest BCUT2D eigenvalue weighted by atomic mass is 19.1. The summed E-state index contributed by atoms with van der Waals surface area (Å²) < 4.78 is 21.2. The Morgan fingerprint density at radius 1 is 1.38 bits per heavy atom. The molecule has 34 heavy (non-hydrogen) atoms. The molecule has 0 unspecified atom stereocenters. The zero-order chi connectivity index (χ0) is 24.3. The van der Waals surface area contributed by atoms with Crippen LogP contribution < -0.4 is 0 Å². The van der Waals surface area contributed by atoms with Gasteiger partial charge in [-0.2, -0.15) is 10.4 Å². The van der Waals surface area contributed by atoms with Gasteiger partial charge in [-0.3, -0.25) is 5.10 Å². The molecule has 174 valence electrons. The second-order valence-corrected chi connectivity index (χ2v) is 9.57. The Hall–Kier alpha value is -3.77. The van der Waals surface area contributed by atoms with E-state index in [0.29, 0.717) is 24.0 Å². The molecule has 0 amide bonds. The minimum absolute atomic E-state index is 0.138. The van der Waals surface area contributed by atoms with Gasteiger partial charge in [0.2, 0.25) is 0 Å². The van der Waals surface area contributed by atoms with E-state index in [-0.39, 0.29) is 18.2 Å². The van der Waals surface area contributed by atoms with Gasteiger partial charge in [0, 0.05) is 41.3 Å². The van der Waals surface area contributed by atoms with E-state index in [9.17, 15) is 19.6 Å². The maximum Gasteiger partial charge on any atom is 0.335 e. The molecule has 0 saturated heterocycles. The van der Waals surface area contributed by atoms with Crippen molar-refractivity contribution in [3.05, 3.63) is 53.6 Å². The molecule has 2 N–H and O–H groups in total. The Kier molecular flexibility index (Phi) is 4.95. The summed E-state index contributed by atoms with van der Waals surface area (Å²) >= 11 is 0. The zero-order valence-electron chi connectivity index (χ0n) is 19.1. The van der Waals surface area contributed by atoms with Gasteiger partial charge in [0.15, 0.2) is 11.2 Å². The van der Waals surface area contributed by atoms with Gasteiger partial charge in [0.25, 0.3) is 0 Å². The fourth-order valence-electron chi connectivity index (χ4n) is 5.15. The number of rotatable bonds is 6. The summed E-state index contributed by atoms with van der Waals surface area (Å²) in [5.74, 6) is -1.48. The predicted octanol–water partition coefficient (Wildman–Crippen LogP) is 4.58. The first kappa shape index (κ1) is 22.0. The van der Waals surface area contributed by atoms with Gasteiger partial charge in [-0.1, -0.05) is 13.8 Å². The molecule has 1 aromatic carbocycles. The molecule has 1 aliphatic carbocycles. The number of aliphatic carboxylic acids is 1. The summed E-state index contributed by atoms with van der Waals surface area (Å²) in [7, 11) is 1.42. The summed E-state index contributed by atoms with van der Waals surface area (Å²) in [6.07, 6.45) is 2.50. The molecule has 0 bridgehead atoms. The van der Waals surface area contributed by atoms with Gasteiger partial charge in [0.1, 0.15) is 5.82 Å². The van der Waals surface area contributed by atoms with Crippen molar-refractivity contribution in [2.75, 3.05) is 7.11 Å². The number of carbonyl (C=O) groups is 1. The smallest absolute Gasteiger partial charge is 0.335 e. The topological polar surface area (TPSA) is 117 Å². The van der Waals surface area contributed by atoms with Crippen LogP contribution in [0.3, 0.4) is 0 Å². The second kappa shape index (κ2) is 7.64. The van der Waals surface area contributed by atoms with Gasteiger partial charge >= 0.3 is 5.97 Å².